The Kier molecular flexibility index (Phi) is 7.44. The van der Waals surface area contributed by atoms with E-state index in [1.165, 1.54) is 13.4 Å². The summed E-state index contributed by atoms with van der Waals surface area (Å²) in [5.41, 5.74) is 2.24. The lowest BCUT2D eigenvalue weighted by Gasteiger charge is -2.32. The summed E-state index contributed by atoms with van der Waals surface area (Å²) in [5.74, 6) is 1.66. The molecule has 3 saturated heterocycles. The molecule has 206 valence electrons. The highest BCUT2D eigenvalue weighted by molar-refractivity contribution is 5.96. The van der Waals surface area contributed by atoms with Crippen LogP contribution in [0.25, 0.3) is 11.3 Å². The Morgan fingerprint density at radius 2 is 1.85 bits per heavy atom. The van der Waals surface area contributed by atoms with Gasteiger partial charge in [0, 0.05) is 37.6 Å². The second-order valence-corrected chi connectivity index (χ2v) is 10.1. The van der Waals surface area contributed by atoms with Gasteiger partial charge in [0.25, 0.3) is 5.91 Å². The van der Waals surface area contributed by atoms with Crippen LogP contribution in [-0.2, 0) is 9.47 Å². The van der Waals surface area contributed by atoms with E-state index in [2.05, 4.69) is 26.3 Å². The van der Waals surface area contributed by atoms with Crippen molar-refractivity contribution in [3.8, 4) is 29.0 Å². The number of carbonyl (C=O) groups excluding carboxylic acids is 1. The fourth-order valence-corrected chi connectivity index (χ4v) is 5.35. The molecule has 2 atom stereocenters. The van der Waals surface area contributed by atoms with E-state index in [0.29, 0.717) is 60.5 Å². The topological polar surface area (TPSA) is 132 Å². The molecule has 11 heteroatoms. The lowest BCUT2D eigenvalue weighted by Crippen LogP contribution is -2.45. The summed E-state index contributed by atoms with van der Waals surface area (Å²) >= 11 is 0. The number of carbonyl (C=O) groups is 1. The number of pyridine rings is 1. The minimum Gasteiger partial charge on any atom is -0.489 e. The van der Waals surface area contributed by atoms with Gasteiger partial charge in [0.2, 0.25) is 5.88 Å². The first kappa shape index (κ1) is 26.0. The molecule has 0 radical (unpaired) electrons. The number of rotatable bonds is 7. The molecule has 6 rings (SSSR count). The molecule has 2 aromatic heterocycles. The highest BCUT2D eigenvalue weighted by atomic mass is 16.5. The monoisotopic (exact) mass is 542 g/mol. The first-order valence-corrected chi connectivity index (χ1v) is 13.5. The van der Waals surface area contributed by atoms with E-state index in [1.54, 1.807) is 30.3 Å². The number of aromatic nitrogens is 3. The third-order valence-electron chi connectivity index (χ3n) is 7.40. The Bertz CT molecular complexity index is 1420. The van der Waals surface area contributed by atoms with Gasteiger partial charge in [-0.25, -0.2) is 9.97 Å². The molecule has 3 aliphatic rings. The number of fused-ring (bicyclic) bond motifs is 2. The number of hydrogen-bond acceptors (Lipinski definition) is 10. The fraction of sp³-hybridized carbons (Fsp3) is 0.414. The first-order chi connectivity index (χ1) is 19.6. The van der Waals surface area contributed by atoms with Gasteiger partial charge in [0.05, 0.1) is 43.8 Å². The summed E-state index contributed by atoms with van der Waals surface area (Å²) in [6.45, 7) is 2.49. The fourth-order valence-electron chi connectivity index (χ4n) is 5.35. The number of methoxy groups -OCH3 is 1. The smallest absolute Gasteiger partial charge is 0.259 e. The van der Waals surface area contributed by atoms with Crippen LogP contribution < -0.4 is 14.8 Å². The molecule has 0 spiro atoms. The summed E-state index contributed by atoms with van der Waals surface area (Å²) in [6.07, 6.45) is 5.27. The number of likely N-dealkylation sites (tertiary alicyclic amines) is 1. The molecule has 1 N–H and O–H groups in total. The molecule has 3 aliphatic heterocycles. The van der Waals surface area contributed by atoms with Crippen LogP contribution in [0.2, 0.25) is 0 Å². The van der Waals surface area contributed by atoms with Crippen molar-refractivity contribution < 1.29 is 23.7 Å². The Labute approximate surface area is 232 Å². The quantitative estimate of drug-likeness (QED) is 0.471. The molecular weight excluding hydrogens is 512 g/mol. The van der Waals surface area contributed by atoms with E-state index in [1.807, 2.05) is 11.0 Å². The van der Waals surface area contributed by atoms with Crippen molar-refractivity contribution >= 4 is 17.5 Å². The van der Waals surface area contributed by atoms with Crippen molar-refractivity contribution in [2.75, 3.05) is 38.7 Å². The van der Waals surface area contributed by atoms with E-state index in [4.69, 9.17) is 18.9 Å². The Morgan fingerprint density at radius 1 is 1.05 bits per heavy atom. The molecule has 0 saturated carbocycles. The van der Waals surface area contributed by atoms with Crippen LogP contribution in [0.4, 0.5) is 11.6 Å². The predicted molar refractivity (Wildman–Crippen MR) is 145 cm³/mol. The van der Waals surface area contributed by atoms with Crippen LogP contribution in [0, 0.1) is 11.3 Å². The maximum atomic E-state index is 13.2. The molecule has 5 heterocycles. The van der Waals surface area contributed by atoms with Gasteiger partial charge in [-0.3, -0.25) is 4.79 Å². The Hall–Kier alpha value is -4.27. The number of nitrogens with one attached hydrogen (secondary N) is 1. The largest absolute Gasteiger partial charge is 0.489 e. The van der Waals surface area contributed by atoms with Gasteiger partial charge in [0.1, 0.15) is 41.4 Å². The molecular formula is C29H30N6O5. The summed E-state index contributed by atoms with van der Waals surface area (Å²) in [4.78, 5) is 28.3. The average molecular weight is 543 g/mol. The standard InChI is InChI=1S/C29H30N6O5/c1-37-28-23(29(36)35-15-21-3-4-22(16-35)39-21)5-7-26(34-28)33-27-13-24(31-17-32-27)18-2-6-25(19(12-18)14-30)40-20-8-10-38-11-9-20/h2,5-7,12-13,17,20-22H,3-4,8-11,15-16H2,1H3,(H,31,32,33,34). The zero-order valence-corrected chi connectivity index (χ0v) is 22.2. The first-order valence-electron chi connectivity index (χ1n) is 13.5. The van der Waals surface area contributed by atoms with Gasteiger partial charge >= 0.3 is 0 Å². The van der Waals surface area contributed by atoms with Crippen LogP contribution in [0.15, 0.2) is 42.7 Å². The lowest BCUT2D eigenvalue weighted by molar-refractivity contribution is -0.0304. The van der Waals surface area contributed by atoms with Crippen molar-refractivity contribution in [1.82, 2.24) is 19.9 Å². The molecule has 2 unspecified atom stereocenters. The third-order valence-corrected chi connectivity index (χ3v) is 7.40. The minimum absolute atomic E-state index is 0.0386. The number of morpholine rings is 1. The third kappa shape index (κ3) is 5.54. The minimum atomic E-state index is -0.113. The van der Waals surface area contributed by atoms with E-state index in [-0.39, 0.29) is 30.1 Å². The number of nitrogens with zero attached hydrogens (tertiary/aromatic N) is 5. The van der Waals surface area contributed by atoms with Crippen molar-refractivity contribution in [3.05, 3.63) is 53.9 Å². The molecule has 3 aromatic rings. The van der Waals surface area contributed by atoms with Crippen molar-refractivity contribution in [2.45, 2.75) is 44.0 Å². The molecule has 1 amide bonds. The number of ether oxygens (including phenoxy) is 4. The lowest BCUT2D eigenvalue weighted by atomic mass is 10.1. The SMILES string of the molecule is COc1nc(Nc2cc(-c3ccc(OC4CCOCC4)c(C#N)c3)ncn2)ccc1C(=O)N1CC2CCC(C1)O2. The summed E-state index contributed by atoms with van der Waals surface area (Å²) in [7, 11) is 1.50. The van der Waals surface area contributed by atoms with E-state index in [9.17, 15) is 10.1 Å². The number of benzene rings is 1. The normalized spacial score (nSPS) is 20.6. The van der Waals surface area contributed by atoms with Gasteiger partial charge < -0.3 is 29.2 Å². The molecule has 1 aromatic carbocycles. The highest BCUT2D eigenvalue weighted by Gasteiger charge is 2.36. The van der Waals surface area contributed by atoms with Gasteiger partial charge in [-0.1, -0.05) is 0 Å². The molecule has 0 aliphatic carbocycles. The Balaban J connectivity index is 1.17. The van der Waals surface area contributed by atoms with Crippen LogP contribution in [0.1, 0.15) is 41.6 Å². The van der Waals surface area contributed by atoms with Crippen LogP contribution in [0.5, 0.6) is 11.6 Å². The molecule has 11 nitrogen and oxygen atoms in total. The van der Waals surface area contributed by atoms with Crippen molar-refractivity contribution in [1.29, 1.82) is 5.26 Å². The number of anilines is 2. The van der Waals surface area contributed by atoms with Gasteiger partial charge in [-0.05, 0) is 43.2 Å². The van der Waals surface area contributed by atoms with E-state index < -0.39 is 0 Å². The number of nitriles is 1. The van der Waals surface area contributed by atoms with Crippen molar-refractivity contribution in [3.63, 3.8) is 0 Å². The zero-order chi connectivity index (χ0) is 27.5. The summed E-state index contributed by atoms with van der Waals surface area (Å²) in [5, 5.41) is 12.9. The van der Waals surface area contributed by atoms with Crippen LogP contribution >= 0.6 is 0 Å². The van der Waals surface area contributed by atoms with Crippen LogP contribution in [-0.4, -0.2) is 77.5 Å². The van der Waals surface area contributed by atoms with Gasteiger partial charge in [-0.15, -0.1) is 0 Å². The number of hydrogen-bond donors (Lipinski definition) is 1. The zero-order valence-electron chi connectivity index (χ0n) is 22.2. The second kappa shape index (κ2) is 11.5. The second-order valence-electron chi connectivity index (χ2n) is 10.1. The summed E-state index contributed by atoms with van der Waals surface area (Å²) in [6, 6.07) is 12.9. The maximum absolute atomic E-state index is 13.2. The van der Waals surface area contributed by atoms with Crippen LogP contribution in [0.3, 0.4) is 0 Å². The highest BCUT2D eigenvalue weighted by Crippen LogP contribution is 2.31. The Morgan fingerprint density at radius 3 is 2.60 bits per heavy atom. The average Bonchev–Trinajstić information content (AvgIpc) is 3.34. The maximum Gasteiger partial charge on any atom is 0.259 e. The molecule has 40 heavy (non-hydrogen) atoms. The van der Waals surface area contributed by atoms with Gasteiger partial charge in [0.15, 0.2) is 0 Å². The van der Waals surface area contributed by atoms with Crippen molar-refractivity contribution in [2.24, 2.45) is 0 Å². The van der Waals surface area contributed by atoms with E-state index >= 15 is 0 Å². The number of amides is 1. The molecule has 3 fully saturated rings. The van der Waals surface area contributed by atoms with E-state index in [0.717, 1.165) is 31.2 Å². The predicted octanol–water partition coefficient (Wildman–Crippen LogP) is 3.72. The summed E-state index contributed by atoms with van der Waals surface area (Å²) < 4.78 is 22.8. The molecule has 2 bridgehead atoms. The van der Waals surface area contributed by atoms with Gasteiger partial charge in [-0.2, -0.15) is 10.2 Å².